The van der Waals surface area contributed by atoms with E-state index in [0.29, 0.717) is 12.0 Å². The third-order valence-electron chi connectivity index (χ3n) is 1.75. The predicted molar refractivity (Wildman–Crippen MR) is 43.7 cm³/mol. The fourth-order valence-electron chi connectivity index (χ4n) is 1.31. The van der Waals surface area contributed by atoms with Gasteiger partial charge in [0, 0.05) is 6.04 Å². The summed E-state index contributed by atoms with van der Waals surface area (Å²) in [5.74, 6) is 0.663. The van der Waals surface area contributed by atoms with Gasteiger partial charge in [0.1, 0.15) is 0 Å². The molecule has 0 bridgehead atoms. The summed E-state index contributed by atoms with van der Waals surface area (Å²) in [6.07, 6.45) is 5.42. The zero-order valence-corrected chi connectivity index (χ0v) is 6.54. The van der Waals surface area contributed by atoms with E-state index in [1.807, 2.05) is 0 Å². The first-order valence-electron chi connectivity index (χ1n) is 3.81. The van der Waals surface area contributed by atoms with Crippen LogP contribution in [0.2, 0.25) is 6.82 Å². The first kappa shape index (κ1) is 7.83. The Morgan fingerprint density at radius 3 is 2.70 bits per heavy atom. The van der Waals surface area contributed by atoms with Gasteiger partial charge in [-0.3, -0.25) is 0 Å². The highest BCUT2D eigenvalue weighted by Crippen LogP contribution is 2.16. The summed E-state index contributed by atoms with van der Waals surface area (Å²) in [6.45, 7) is 3.93. The maximum Gasteiger partial charge on any atom is 0.374 e. The molecule has 0 radical (unpaired) electrons. The van der Waals surface area contributed by atoms with Gasteiger partial charge in [-0.25, -0.2) is 0 Å². The van der Waals surface area contributed by atoms with Gasteiger partial charge in [-0.05, 0) is 19.2 Å². The van der Waals surface area contributed by atoms with Crippen LogP contribution in [-0.4, -0.2) is 18.1 Å². The second-order valence-electron chi connectivity index (χ2n) is 3.05. The Labute approximate surface area is 62.5 Å². The molecule has 10 heavy (non-hydrogen) atoms. The van der Waals surface area contributed by atoms with Gasteiger partial charge in [0.25, 0.3) is 0 Å². The third-order valence-corrected chi connectivity index (χ3v) is 1.75. The molecule has 56 valence electrons. The highest BCUT2D eigenvalue weighted by atomic mass is 16.2. The molecule has 0 saturated heterocycles. The topological polar surface area (TPSA) is 32.3 Å². The second kappa shape index (κ2) is 3.22. The summed E-state index contributed by atoms with van der Waals surface area (Å²) >= 11 is 0. The smallest absolute Gasteiger partial charge is 0.374 e. The second-order valence-corrected chi connectivity index (χ2v) is 3.05. The highest BCUT2D eigenvalue weighted by Gasteiger charge is 2.16. The molecule has 2 atom stereocenters. The number of nitrogens with one attached hydrogen (secondary N) is 1. The van der Waals surface area contributed by atoms with Crippen LogP contribution in [0, 0.1) is 5.92 Å². The molecule has 1 aliphatic carbocycles. The van der Waals surface area contributed by atoms with E-state index in [0.717, 1.165) is 6.42 Å². The Kier molecular flexibility index (Phi) is 2.52. The number of hydrogen-bond donors (Lipinski definition) is 2. The van der Waals surface area contributed by atoms with E-state index in [9.17, 15) is 0 Å². The molecule has 1 rings (SSSR count). The van der Waals surface area contributed by atoms with Gasteiger partial charge in [-0.1, -0.05) is 19.1 Å². The number of allylic oxidation sites excluding steroid dienone is 1. The fourth-order valence-corrected chi connectivity index (χ4v) is 1.31. The van der Waals surface area contributed by atoms with Crippen LogP contribution in [0.15, 0.2) is 12.2 Å². The molecule has 3 heteroatoms. The van der Waals surface area contributed by atoms with Crippen molar-refractivity contribution in [2.75, 3.05) is 0 Å². The predicted octanol–water partition coefficient (Wildman–Crippen LogP) is 0.651. The summed E-state index contributed by atoms with van der Waals surface area (Å²) in [4.78, 5) is 0. The van der Waals surface area contributed by atoms with Gasteiger partial charge in [0.15, 0.2) is 0 Å². The van der Waals surface area contributed by atoms with Gasteiger partial charge in [0.05, 0.1) is 0 Å². The molecule has 2 nitrogen and oxygen atoms in total. The molecule has 1 aliphatic rings. The van der Waals surface area contributed by atoms with E-state index in [2.05, 4.69) is 24.3 Å². The molecular weight excluding hydrogens is 125 g/mol. The molecular formula is C7H14BNO. The molecule has 0 saturated carbocycles. The van der Waals surface area contributed by atoms with Gasteiger partial charge in [-0.15, -0.1) is 0 Å². The number of rotatable bonds is 2. The molecule has 0 aliphatic heterocycles. The standard InChI is InChI=1S/C7H14BNO/c1-6-3-4-7(5-6)9-8(2)10/h3-4,6-7,9-10H,5H2,1-2H3/t6-,7+/m0/s1. The van der Waals surface area contributed by atoms with Gasteiger partial charge < -0.3 is 10.3 Å². The van der Waals surface area contributed by atoms with Gasteiger partial charge in [0.2, 0.25) is 0 Å². The van der Waals surface area contributed by atoms with Crippen molar-refractivity contribution in [2.24, 2.45) is 5.92 Å². The molecule has 2 N–H and O–H groups in total. The third kappa shape index (κ3) is 2.16. The van der Waals surface area contributed by atoms with E-state index >= 15 is 0 Å². The molecule has 0 heterocycles. The Balaban J connectivity index is 2.26. The Morgan fingerprint density at radius 1 is 1.60 bits per heavy atom. The van der Waals surface area contributed by atoms with Crippen LogP contribution >= 0.6 is 0 Å². The lowest BCUT2D eigenvalue weighted by molar-refractivity contribution is 0.522. The van der Waals surface area contributed by atoms with Crippen molar-refractivity contribution in [1.29, 1.82) is 0 Å². The van der Waals surface area contributed by atoms with Crippen LogP contribution in [0.25, 0.3) is 0 Å². The molecule has 0 aromatic carbocycles. The highest BCUT2D eigenvalue weighted by molar-refractivity contribution is 6.45. The van der Waals surface area contributed by atoms with E-state index in [-0.39, 0.29) is 7.05 Å². The van der Waals surface area contributed by atoms with E-state index in [1.165, 1.54) is 0 Å². The van der Waals surface area contributed by atoms with Crippen LogP contribution in [0.1, 0.15) is 13.3 Å². The summed E-state index contributed by atoms with van der Waals surface area (Å²) in [5.41, 5.74) is 0. The van der Waals surface area contributed by atoms with Crippen molar-refractivity contribution >= 4 is 7.05 Å². The molecule has 0 aromatic rings. The van der Waals surface area contributed by atoms with E-state index < -0.39 is 0 Å². The minimum Gasteiger partial charge on any atom is -0.437 e. The average molecular weight is 139 g/mol. The van der Waals surface area contributed by atoms with Crippen LogP contribution in [0.4, 0.5) is 0 Å². The number of hydrogen-bond acceptors (Lipinski definition) is 2. The normalized spacial score (nSPS) is 31.1. The van der Waals surface area contributed by atoms with Gasteiger partial charge >= 0.3 is 7.05 Å². The quantitative estimate of drug-likeness (QED) is 0.434. The molecule has 0 aromatic heterocycles. The molecule has 0 amide bonds. The first-order chi connectivity index (χ1) is 4.68. The van der Waals surface area contributed by atoms with Crippen LogP contribution < -0.4 is 5.23 Å². The fraction of sp³-hybridized carbons (Fsp3) is 0.714. The lowest BCUT2D eigenvalue weighted by atomic mass is 9.87. The minimum atomic E-state index is -0.389. The van der Waals surface area contributed by atoms with Crippen LogP contribution in [0.3, 0.4) is 0 Å². The van der Waals surface area contributed by atoms with Crippen molar-refractivity contribution < 1.29 is 5.02 Å². The van der Waals surface area contributed by atoms with Crippen molar-refractivity contribution in [3.05, 3.63) is 12.2 Å². The zero-order chi connectivity index (χ0) is 7.56. The van der Waals surface area contributed by atoms with Crippen LogP contribution in [-0.2, 0) is 0 Å². The largest absolute Gasteiger partial charge is 0.437 e. The lowest BCUT2D eigenvalue weighted by Gasteiger charge is -2.11. The molecule has 0 fully saturated rings. The minimum absolute atomic E-state index is 0.384. The summed E-state index contributed by atoms with van der Waals surface area (Å²) in [6, 6.07) is 0.384. The maximum atomic E-state index is 8.95. The average Bonchev–Trinajstić information content (AvgIpc) is 2.13. The van der Waals surface area contributed by atoms with Gasteiger partial charge in [-0.2, -0.15) is 0 Å². The summed E-state index contributed by atoms with van der Waals surface area (Å²) in [5, 5.41) is 12.0. The summed E-state index contributed by atoms with van der Waals surface area (Å²) < 4.78 is 0. The van der Waals surface area contributed by atoms with Crippen molar-refractivity contribution in [3.8, 4) is 0 Å². The lowest BCUT2D eigenvalue weighted by Crippen LogP contribution is -2.37. The van der Waals surface area contributed by atoms with Crippen molar-refractivity contribution in [3.63, 3.8) is 0 Å². The Hall–Kier alpha value is -0.275. The van der Waals surface area contributed by atoms with Crippen molar-refractivity contribution in [2.45, 2.75) is 26.2 Å². The first-order valence-corrected chi connectivity index (χ1v) is 3.81. The monoisotopic (exact) mass is 139 g/mol. The SMILES string of the molecule is CB(O)N[C@@H]1C=C[C@H](C)C1. The summed E-state index contributed by atoms with van der Waals surface area (Å²) in [7, 11) is -0.389. The molecule has 0 spiro atoms. The Bertz CT molecular complexity index is 136. The maximum absolute atomic E-state index is 8.95. The zero-order valence-electron chi connectivity index (χ0n) is 6.54. The van der Waals surface area contributed by atoms with Crippen LogP contribution in [0.5, 0.6) is 0 Å². The van der Waals surface area contributed by atoms with E-state index in [4.69, 9.17) is 5.02 Å². The molecule has 0 unspecified atom stereocenters. The van der Waals surface area contributed by atoms with Crippen molar-refractivity contribution in [1.82, 2.24) is 5.23 Å². The van der Waals surface area contributed by atoms with E-state index in [1.54, 1.807) is 6.82 Å². The Morgan fingerprint density at radius 2 is 2.30 bits per heavy atom.